The van der Waals surface area contributed by atoms with Crippen molar-refractivity contribution in [2.75, 3.05) is 20.3 Å². The summed E-state index contributed by atoms with van der Waals surface area (Å²) in [6.45, 7) is 1.03. The van der Waals surface area contributed by atoms with Gasteiger partial charge in [-0.25, -0.2) is 4.39 Å². The Morgan fingerprint density at radius 3 is 3.11 bits per heavy atom. The van der Waals surface area contributed by atoms with E-state index < -0.39 is 0 Å². The molecule has 0 bridgehead atoms. The summed E-state index contributed by atoms with van der Waals surface area (Å²) in [5, 5.41) is 3.52. The lowest BCUT2D eigenvalue weighted by molar-refractivity contribution is 0.208. The van der Waals surface area contributed by atoms with Gasteiger partial charge < -0.3 is 15.8 Å². The van der Waals surface area contributed by atoms with E-state index in [0.29, 0.717) is 29.7 Å². The van der Waals surface area contributed by atoms with E-state index in [-0.39, 0.29) is 17.8 Å². The molecule has 19 heavy (non-hydrogen) atoms. The minimum absolute atomic E-state index is 0.0601. The highest BCUT2D eigenvalue weighted by molar-refractivity contribution is 6.31. The first-order chi connectivity index (χ1) is 9.13. The van der Waals surface area contributed by atoms with Crippen LogP contribution in [-0.2, 0) is 4.74 Å². The van der Waals surface area contributed by atoms with E-state index >= 15 is 0 Å². The van der Waals surface area contributed by atoms with Gasteiger partial charge in [0.1, 0.15) is 5.82 Å². The Morgan fingerprint density at radius 2 is 2.42 bits per heavy atom. The summed E-state index contributed by atoms with van der Waals surface area (Å²) in [5.74, 6) is 0.151. The van der Waals surface area contributed by atoms with E-state index in [4.69, 9.17) is 22.1 Å². The highest BCUT2D eigenvalue weighted by Gasteiger charge is 2.41. The van der Waals surface area contributed by atoms with Crippen molar-refractivity contribution in [2.24, 2.45) is 10.7 Å². The molecule has 1 fully saturated rings. The number of nitrogens with one attached hydrogen (secondary N) is 1. The van der Waals surface area contributed by atoms with Crippen LogP contribution in [0.15, 0.2) is 23.2 Å². The van der Waals surface area contributed by atoms with Crippen molar-refractivity contribution >= 4 is 17.6 Å². The van der Waals surface area contributed by atoms with Gasteiger partial charge in [-0.2, -0.15) is 0 Å². The topological polar surface area (TPSA) is 59.6 Å². The maximum Gasteiger partial charge on any atom is 0.188 e. The highest BCUT2D eigenvalue weighted by Crippen LogP contribution is 2.44. The molecule has 0 saturated heterocycles. The fraction of sp³-hybridized carbons (Fsp3) is 0.462. The number of nitrogens with two attached hydrogens (primary N) is 1. The van der Waals surface area contributed by atoms with Crippen molar-refractivity contribution < 1.29 is 9.13 Å². The Balaban J connectivity index is 1.92. The number of rotatable bonds is 5. The number of methoxy groups -OCH3 is 1. The molecule has 1 aliphatic rings. The van der Waals surface area contributed by atoms with Crippen LogP contribution in [0.25, 0.3) is 0 Å². The summed E-state index contributed by atoms with van der Waals surface area (Å²) in [5.41, 5.74) is 6.29. The van der Waals surface area contributed by atoms with E-state index in [0.717, 1.165) is 6.42 Å². The van der Waals surface area contributed by atoms with Crippen molar-refractivity contribution in [3.05, 3.63) is 34.6 Å². The average molecular weight is 286 g/mol. The van der Waals surface area contributed by atoms with Gasteiger partial charge in [0.25, 0.3) is 0 Å². The predicted molar refractivity (Wildman–Crippen MR) is 74.1 cm³/mol. The molecule has 0 heterocycles. The maximum absolute atomic E-state index is 13.7. The molecule has 0 aromatic heterocycles. The summed E-state index contributed by atoms with van der Waals surface area (Å²) in [6.07, 6.45) is 0.807. The van der Waals surface area contributed by atoms with Crippen LogP contribution in [0.2, 0.25) is 5.02 Å². The normalized spacial score (nSPS) is 22.4. The first kappa shape index (κ1) is 14.1. The predicted octanol–water partition coefficient (Wildman–Crippen LogP) is 1.89. The second-order valence-electron chi connectivity index (χ2n) is 4.49. The first-order valence-electron chi connectivity index (χ1n) is 6.12. The largest absolute Gasteiger partial charge is 0.383 e. The molecule has 6 heteroatoms. The van der Waals surface area contributed by atoms with Crippen LogP contribution < -0.4 is 11.1 Å². The smallest absolute Gasteiger partial charge is 0.188 e. The van der Waals surface area contributed by atoms with Gasteiger partial charge in [0, 0.05) is 29.7 Å². The summed E-state index contributed by atoms with van der Waals surface area (Å²) in [7, 11) is 1.61. The lowest BCUT2D eigenvalue weighted by atomic mass is 10.1. The van der Waals surface area contributed by atoms with Gasteiger partial charge in [0.2, 0.25) is 0 Å². The molecule has 0 spiro atoms. The minimum Gasteiger partial charge on any atom is -0.383 e. The van der Waals surface area contributed by atoms with Crippen molar-refractivity contribution in [1.82, 2.24) is 5.32 Å². The summed E-state index contributed by atoms with van der Waals surface area (Å²) in [6, 6.07) is 4.82. The number of halogens is 2. The van der Waals surface area contributed by atoms with E-state index in [1.165, 1.54) is 6.07 Å². The number of hydrogen-bond donors (Lipinski definition) is 2. The summed E-state index contributed by atoms with van der Waals surface area (Å²) in [4.78, 5) is 4.10. The Morgan fingerprint density at radius 1 is 1.63 bits per heavy atom. The van der Waals surface area contributed by atoms with Crippen LogP contribution in [0, 0.1) is 5.82 Å². The third-order valence-corrected chi connectivity index (χ3v) is 3.40. The Kier molecular flexibility index (Phi) is 4.61. The number of guanidine groups is 1. The SMILES string of the molecule is COCCN=C(N)NC1CC1c1c(F)cccc1Cl. The van der Waals surface area contributed by atoms with Gasteiger partial charge >= 0.3 is 0 Å². The van der Waals surface area contributed by atoms with E-state index in [9.17, 15) is 4.39 Å². The van der Waals surface area contributed by atoms with E-state index in [1.807, 2.05) is 0 Å². The second-order valence-corrected chi connectivity index (χ2v) is 4.90. The molecule has 2 unspecified atom stereocenters. The number of aliphatic imine (C=N–C) groups is 1. The van der Waals surface area contributed by atoms with Crippen LogP contribution in [-0.4, -0.2) is 32.3 Å². The molecule has 104 valence electrons. The number of benzene rings is 1. The maximum atomic E-state index is 13.7. The van der Waals surface area contributed by atoms with Crippen molar-refractivity contribution in [1.29, 1.82) is 0 Å². The van der Waals surface area contributed by atoms with Gasteiger partial charge in [-0.3, -0.25) is 4.99 Å². The summed E-state index contributed by atoms with van der Waals surface area (Å²) < 4.78 is 18.6. The third kappa shape index (κ3) is 3.58. The Hall–Kier alpha value is -1.33. The molecule has 0 radical (unpaired) electrons. The fourth-order valence-corrected chi connectivity index (χ4v) is 2.33. The molecular weight excluding hydrogens is 269 g/mol. The van der Waals surface area contributed by atoms with Crippen LogP contribution in [0.3, 0.4) is 0 Å². The number of hydrogen-bond acceptors (Lipinski definition) is 2. The highest BCUT2D eigenvalue weighted by atomic mass is 35.5. The molecule has 4 nitrogen and oxygen atoms in total. The van der Waals surface area contributed by atoms with Gasteiger partial charge in [-0.15, -0.1) is 0 Å². The van der Waals surface area contributed by atoms with Crippen molar-refractivity contribution in [2.45, 2.75) is 18.4 Å². The quantitative estimate of drug-likeness (QED) is 0.493. The lowest BCUT2D eigenvalue weighted by Crippen LogP contribution is -2.34. The molecule has 2 atom stereocenters. The fourth-order valence-electron chi connectivity index (χ4n) is 2.03. The standard InChI is InChI=1S/C13H17ClFN3O/c1-19-6-5-17-13(16)18-11-7-8(11)12-9(14)3-2-4-10(12)15/h2-4,8,11H,5-7H2,1H3,(H3,16,17,18). The Bertz CT molecular complexity index is 461. The van der Waals surface area contributed by atoms with Crippen molar-refractivity contribution in [3.8, 4) is 0 Å². The Labute approximate surface area is 116 Å². The molecule has 0 amide bonds. The zero-order valence-corrected chi connectivity index (χ0v) is 11.5. The molecule has 1 aromatic carbocycles. The molecule has 1 aliphatic carbocycles. The second kappa shape index (κ2) is 6.21. The molecule has 2 rings (SSSR count). The van der Waals surface area contributed by atoms with Crippen LogP contribution in [0.5, 0.6) is 0 Å². The van der Waals surface area contributed by atoms with Gasteiger partial charge in [-0.05, 0) is 18.6 Å². The first-order valence-corrected chi connectivity index (χ1v) is 6.50. The van der Waals surface area contributed by atoms with E-state index in [2.05, 4.69) is 10.3 Å². The zero-order valence-electron chi connectivity index (χ0n) is 10.7. The number of ether oxygens (including phenoxy) is 1. The van der Waals surface area contributed by atoms with Gasteiger partial charge in [0.15, 0.2) is 5.96 Å². The molecule has 1 aromatic rings. The third-order valence-electron chi connectivity index (χ3n) is 3.07. The average Bonchev–Trinajstić information content (AvgIpc) is 3.08. The number of nitrogens with zero attached hydrogens (tertiary/aromatic N) is 1. The molecular formula is C13H17ClFN3O. The van der Waals surface area contributed by atoms with Crippen LogP contribution >= 0.6 is 11.6 Å². The van der Waals surface area contributed by atoms with Gasteiger partial charge in [-0.1, -0.05) is 17.7 Å². The van der Waals surface area contributed by atoms with Crippen molar-refractivity contribution in [3.63, 3.8) is 0 Å². The zero-order chi connectivity index (χ0) is 13.8. The van der Waals surface area contributed by atoms with Gasteiger partial charge in [0.05, 0.1) is 13.2 Å². The van der Waals surface area contributed by atoms with E-state index in [1.54, 1.807) is 19.2 Å². The molecule has 1 saturated carbocycles. The molecule has 3 N–H and O–H groups in total. The summed E-state index contributed by atoms with van der Waals surface area (Å²) >= 11 is 6.02. The molecule has 0 aliphatic heterocycles. The minimum atomic E-state index is -0.267. The van der Waals surface area contributed by atoms with Crippen LogP contribution in [0.1, 0.15) is 17.9 Å². The monoisotopic (exact) mass is 285 g/mol. The lowest BCUT2D eigenvalue weighted by Gasteiger charge is -2.07. The van der Waals surface area contributed by atoms with Crippen LogP contribution in [0.4, 0.5) is 4.39 Å².